The van der Waals surface area contributed by atoms with E-state index in [0.29, 0.717) is 59.7 Å². The van der Waals surface area contributed by atoms with Gasteiger partial charge in [-0.2, -0.15) is 4.98 Å². The molecule has 1 aromatic heterocycles. The molecule has 4 heterocycles. The number of aromatic nitrogens is 2. The largest absolute Gasteiger partial charge is 0.495 e. The molecule has 3 aliphatic rings. The van der Waals surface area contributed by atoms with E-state index in [9.17, 15) is 14.7 Å². The number of hydrogen-bond acceptors (Lipinski definition) is 7. The van der Waals surface area contributed by atoms with Crippen molar-refractivity contribution >= 4 is 35.0 Å². The Bertz CT molecular complexity index is 1200. The summed E-state index contributed by atoms with van der Waals surface area (Å²) in [5.74, 6) is 1.65. The summed E-state index contributed by atoms with van der Waals surface area (Å²) in [5.41, 5.74) is 0.0704. The minimum Gasteiger partial charge on any atom is -0.495 e. The van der Waals surface area contributed by atoms with Crippen LogP contribution in [0.5, 0.6) is 5.75 Å². The summed E-state index contributed by atoms with van der Waals surface area (Å²) in [6.07, 6.45) is 2.64. The number of H-pyrrole nitrogens is 1. The lowest BCUT2D eigenvalue weighted by atomic mass is 9.73. The third-order valence-electron chi connectivity index (χ3n) is 7.07. The number of hydrogen-bond donors (Lipinski definition) is 3. The number of nitrogens with zero attached hydrogens (tertiary/aromatic N) is 3. The summed E-state index contributed by atoms with van der Waals surface area (Å²) < 4.78 is 5.59. The predicted molar refractivity (Wildman–Crippen MR) is 131 cm³/mol. The van der Waals surface area contributed by atoms with E-state index in [-0.39, 0.29) is 18.0 Å². The van der Waals surface area contributed by atoms with Crippen molar-refractivity contribution in [2.24, 2.45) is 0 Å². The van der Waals surface area contributed by atoms with Crippen LogP contribution in [0, 0.1) is 0 Å². The van der Waals surface area contributed by atoms with E-state index in [1.807, 2.05) is 4.90 Å². The van der Waals surface area contributed by atoms with Gasteiger partial charge in [0.25, 0.3) is 5.56 Å². The number of aliphatic hydroxyl groups is 1. The fourth-order valence-corrected chi connectivity index (χ4v) is 5.82. The van der Waals surface area contributed by atoms with Gasteiger partial charge >= 0.3 is 0 Å². The molecule has 1 fully saturated rings. The highest BCUT2D eigenvalue weighted by molar-refractivity contribution is 6.33. The lowest BCUT2D eigenvalue weighted by molar-refractivity contribution is -0.124. The average molecular weight is 488 g/mol. The number of anilines is 3. The molecule has 1 saturated heterocycles. The van der Waals surface area contributed by atoms with Gasteiger partial charge in [-0.1, -0.05) is 11.6 Å². The molecule has 34 heavy (non-hydrogen) atoms. The van der Waals surface area contributed by atoms with Crippen molar-refractivity contribution in [1.29, 1.82) is 0 Å². The van der Waals surface area contributed by atoms with E-state index in [1.54, 1.807) is 38.0 Å². The summed E-state index contributed by atoms with van der Waals surface area (Å²) in [6.45, 7) is 5.34. The van der Waals surface area contributed by atoms with Gasteiger partial charge in [0.05, 0.1) is 35.9 Å². The lowest BCUT2D eigenvalue weighted by Gasteiger charge is -2.39. The van der Waals surface area contributed by atoms with E-state index < -0.39 is 11.0 Å². The summed E-state index contributed by atoms with van der Waals surface area (Å²) in [6, 6.07) is 3.52. The Morgan fingerprint density at radius 2 is 2.00 bits per heavy atom. The summed E-state index contributed by atoms with van der Waals surface area (Å²) in [4.78, 5) is 37.8. The van der Waals surface area contributed by atoms with Gasteiger partial charge in [0.1, 0.15) is 11.6 Å². The molecule has 0 atom stereocenters. The Morgan fingerprint density at radius 1 is 1.26 bits per heavy atom. The number of benzene rings is 1. The van der Waals surface area contributed by atoms with E-state index in [4.69, 9.17) is 16.3 Å². The number of piperidine rings is 1. The number of β-amino-alcohol motifs (C(OH)–C–C–N with tert-alkyl or cyclic N) is 1. The van der Waals surface area contributed by atoms with Gasteiger partial charge in [-0.3, -0.25) is 14.6 Å². The molecule has 1 aromatic carbocycles. The van der Waals surface area contributed by atoms with Gasteiger partial charge in [0, 0.05) is 30.2 Å². The van der Waals surface area contributed by atoms with E-state index in [2.05, 4.69) is 15.3 Å². The van der Waals surface area contributed by atoms with Gasteiger partial charge < -0.3 is 25.0 Å². The van der Waals surface area contributed by atoms with Crippen LogP contribution in [0.3, 0.4) is 0 Å². The zero-order valence-corrected chi connectivity index (χ0v) is 20.5. The van der Waals surface area contributed by atoms with Crippen molar-refractivity contribution in [2.75, 3.05) is 48.4 Å². The van der Waals surface area contributed by atoms with E-state index in [1.165, 1.54) is 0 Å². The van der Waals surface area contributed by atoms with E-state index in [0.717, 1.165) is 24.9 Å². The molecule has 0 radical (unpaired) electrons. The second kappa shape index (κ2) is 8.16. The van der Waals surface area contributed by atoms with Crippen molar-refractivity contribution in [1.82, 2.24) is 9.97 Å². The Hall–Kier alpha value is -2.78. The second-order valence-corrected chi connectivity index (χ2v) is 10.4. The summed E-state index contributed by atoms with van der Waals surface area (Å²) >= 11 is 6.70. The molecular weight excluding hydrogens is 458 g/mol. The molecular formula is C24H30ClN5O4. The zero-order valence-electron chi connectivity index (χ0n) is 19.7. The molecule has 3 N–H and O–H groups in total. The molecule has 0 saturated carbocycles. The number of ether oxygens (including phenoxy) is 1. The number of rotatable bonds is 4. The number of halogens is 1. The number of carbonyl (C=O) groups is 1. The normalized spacial score (nSPS) is 19.1. The minimum atomic E-state index is -1.09. The van der Waals surface area contributed by atoms with Crippen molar-refractivity contribution < 1.29 is 14.6 Å². The third kappa shape index (κ3) is 3.62. The fourth-order valence-electron chi connectivity index (χ4n) is 5.49. The highest BCUT2D eigenvalue weighted by atomic mass is 35.5. The first-order valence-corrected chi connectivity index (χ1v) is 12.1. The van der Waals surface area contributed by atoms with Crippen molar-refractivity contribution in [2.45, 2.75) is 50.5 Å². The Morgan fingerprint density at radius 3 is 2.68 bits per heavy atom. The monoisotopic (exact) mass is 487 g/mol. The summed E-state index contributed by atoms with van der Waals surface area (Å²) in [7, 11) is 1.57. The molecule has 5 rings (SSSR count). The number of aromatic amines is 1. The molecule has 0 unspecified atom stereocenters. The topological polar surface area (TPSA) is 111 Å². The summed E-state index contributed by atoms with van der Waals surface area (Å²) in [5, 5.41) is 14.3. The number of amides is 1. The van der Waals surface area contributed by atoms with Crippen LogP contribution in [0.15, 0.2) is 16.9 Å². The van der Waals surface area contributed by atoms with Gasteiger partial charge in [0.15, 0.2) is 0 Å². The first-order valence-electron chi connectivity index (χ1n) is 11.7. The molecule has 3 aliphatic heterocycles. The predicted octanol–water partition coefficient (Wildman–Crippen LogP) is 2.45. The SMILES string of the molecule is COc1ccc(Cl)c2c1N(CC(C)(C)O)C(=O)C21CCN(c2nc3c(c(=O)[nH]2)CCCN3)CC1. The van der Waals surface area contributed by atoms with Crippen LogP contribution in [0.1, 0.15) is 44.2 Å². The third-order valence-corrected chi connectivity index (χ3v) is 7.39. The molecule has 2 aromatic rings. The first kappa shape index (κ1) is 23.0. The Labute approximate surface area is 203 Å². The number of methoxy groups -OCH3 is 1. The molecule has 9 nitrogen and oxygen atoms in total. The van der Waals surface area contributed by atoms with Gasteiger partial charge in [0.2, 0.25) is 11.9 Å². The quantitative estimate of drug-likeness (QED) is 0.607. The first-order chi connectivity index (χ1) is 16.1. The van der Waals surface area contributed by atoms with Crippen LogP contribution >= 0.6 is 11.6 Å². The second-order valence-electron chi connectivity index (χ2n) is 9.99. The minimum absolute atomic E-state index is 0.0794. The standard InChI is InChI=1S/C24H30ClN5O4/c1-23(2,33)13-30-18-16(34-3)7-6-15(25)17(18)24(21(30)32)8-11-29(12-9-24)22-27-19-14(20(31)28-22)5-4-10-26-19/h6-7,33H,4-5,8-13H2,1-3H3,(H2,26,27,28,31). The molecule has 10 heteroatoms. The van der Waals surface area contributed by atoms with Gasteiger partial charge in [-0.15, -0.1) is 0 Å². The maximum atomic E-state index is 13.9. The van der Waals surface area contributed by atoms with E-state index >= 15 is 0 Å². The van der Waals surface area contributed by atoms with Crippen LogP contribution in [-0.4, -0.2) is 59.9 Å². The highest BCUT2D eigenvalue weighted by Gasteiger charge is 2.55. The number of nitrogens with one attached hydrogen (secondary N) is 2. The smallest absolute Gasteiger partial charge is 0.257 e. The Kier molecular flexibility index (Phi) is 5.52. The van der Waals surface area contributed by atoms with Crippen molar-refractivity contribution in [3.05, 3.63) is 38.6 Å². The van der Waals surface area contributed by atoms with Gasteiger partial charge in [-0.25, -0.2) is 0 Å². The molecule has 0 bridgehead atoms. The maximum absolute atomic E-state index is 13.9. The molecule has 182 valence electrons. The van der Waals surface area contributed by atoms with Crippen LogP contribution in [0.2, 0.25) is 5.02 Å². The van der Waals surface area contributed by atoms with Gasteiger partial charge in [-0.05, 0) is 51.7 Å². The number of fused-ring (bicyclic) bond motifs is 3. The van der Waals surface area contributed by atoms with Crippen molar-refractivity contribution in [3.8, 4) is 5.75 Å². The molecule has 0 aliphatic carbocycles. The molecule has 1 amide bonds. The zero-order chi connectivity index (χ0) is 24.3. The van der Waals surface area contributed by atoms with Crippen molar-refractivity contribution in [3.63, 3.8) is 0 Å². The number of carbonyl (C=O) groups excluding carboxylic acids is 1. The fraction of sp³-hybridized carbons (Fsp3) is 0.542. The van der Waals surface area contributed by atoms with Crippen LogP contribution in [0.25, 0.3) is 0 Å². The maximum Gasteiger partial charge on any atom is 0.257 e. The average Bonchev–Trinajstić information content (AvgIpc) is 3.02. The van der Waals surface area contributed by atoms with Crippen LogP contribution < -0.4 is 25.4 Å². The Balaban J connectivity index is 1.50. The van der Waals surface area contributed by atoms with Crippen LogP contribution in [-0.2, 0) is 16.6 Å². The van der Waals surface area contributed by atoms with Crippen LogP contribution in [0.4, 0.5) is 17.5 Å². The highest BCUT2D eigenvalue weighted by Crippen LogP contribution is 2.54. The lowest BCUT2D eigenvalue weighted by Crippen LogP contribution is -2.51. The molecule has 1 spiro atoms.